The fourth-order valence-corrected chi connectivity index (χ4v) is 1.75. The molecule has 0 aliphatic carbocycles. The van der Waals surface area contributed by atoms with Gasteiger partial charge in [-0.25, -0.2) is 0 Å². The van der Waals surface area contributed by atoms with Crippen LogP contribution in [0.5, 0.6) is 5.75 Å². The molecule has 0 aliphatic heterocycles. The highest BCUT2D eigenvalue weighted by Crippen LogP contribution is 2.28. The van der Waals surface area contributed by atoms with Crippen LogP contribution in [0.4, 0.5) is 0 Å². The highest BCUT2D eigenvalue weighted by molar-refractivity contribution is 5.90. The van der Waals surface area contributed by atoms with Gasteiger partial charge in [0.1, 0.15) is 5.75 Å². The second kappa shape index (κ2) is 4.32. The lowest BCUT2D eigenvalue weighted by atomic mass is 10.0. The zero-order valence-electron chi connectivity index (χ0n) is 8.73. The Morgan fingerprint density at radius 3 is 2.47 bits per heavy atom. The Kier molecular flexibility index (Phi) is 2.88. The van der Waals surface area contributed by atoms with Crippen molar-refractivity contribution in [1.29, 1.82) is 0 Å². The molecule has 2 nitrogen and oxygen atoms in total. The lowest BCUT2D eigenvalue weighted by molar-refractivity contribution is 0.283. The van der Waals surface area contributed by atoms with Crippen LogP contribution in [0.3, 0.4) is 0 Å². The molecule has 2 heteroatoms. The van der Waals surface area contributed by atoms with Crippen LogP contribution in [0, 0.1) is 0 Å². The molecule has 0 spiro atoms. The third kappa shape index (κ3) is 1.81. The van der Waals surface area contributed by atoms with Gasteiger partial charge in [0.25, 0.3) is 0 Å². The van der Waals surface area contributed by atoms with Gasteiger partial charge in [0.05, 0.1) is 13.2 Å². The van der Waals surface area contributed by atoms with Crippen LogP contribution in [0.1, 0.15) is 12.5 Å². The van der Waals surface area contributed by atoms with Gasteiger partial charge < -0.3 is 9.84 Å². The van der Waals surface area contributed by atoms with E-state index in [1.807, 2.05) is 43.3 Å². The second-order valence-corrected chi connectivity index (χ2v) is 3.36. The van der Waals surface area contributed by atoms with Gasteiger partial charge >= 0.3 is 0 Å². The van der Waals surface area contributed by atoms with E-state index in [1.165, 1.54) is 0 Å². The molecule has 0 bridgehead atoms. The molecule has 2 aromatic rings. The Labute approximate surface area is 89.1 Å². The average Bonchev–Trinajstić information content (AvgIpc) is 2.30. The van der Waals surface area contributed by atoms with Crippen LogP contribution in [0.15, 0.2) is 36.4 Å². The van der Waals surface area contributed by atoms with E-state index >= 15 is 0 Å². The first kappa shape index (κ1) is 9.99. The SMILES string of the molecule is CCOc1ccc(CO)c2ccccc12. The molecule has 0 amide bonds. The molecule has 2 aromatic carbocycles. The maximum absolute atomic E-state index is 9.22. The summed E-state index contributed by atoms with van der Waals surface area (Å²) in [5.41, 5.74) is 0.939. The summed E-state index contributed by atoms with van der Waals surface area (Å²) in [5.74, 6) is 0.880. The van der Waals surface area contributed by atoms with E-state index < -0.39 is 0 Å². The van der Waals surface area contributed by atoms with E-state index in [0.717, 1.165) is 22.1 Å². The topological polar surface area (TPSA) is 29.5 Å². The fraction of sp³-hybridized carbons (Fsp3) is 0.231. The average molecular weight is 202 g/mol. The minimum absolute atomic E-state index is 0.0624. The normalized spacial score (nSPS) is 10.5. The van der Waals surface area contributed by atoms with Gasteiger partial charge in [-0.3, -0.25) is 0 Å². The van der Waals surface area contributed by atoms with Crippen molar-refractivity contribution >= 4 is 10.8 Å². The first-order valence-electron chi connectivity index (χ1n) is 5.11. The molecule has 0 fully saturated rings. The Morgan fingerprint density at radius 1 is 1.07 bits per heavy atom. The lowest BCUT2D eigenvalue weighted by Crippen LogP contribution is -1.94. The summed E-state index contributed by atoms with van der Waals surface area (Å²) < 4.78 is 5.54. The minimum Gasteiger partial charge on any atom is -0.493 e. The molecule has 15 heavy (non-hydrogen) atoms. The summed E-state index contributed by atoms with van der Waals surface area (Å²) in [6, 6.07) is 11.8. The number of rotatable bonds is 3. The fourth-order valence-electron chi connectivity index (χ4n) is 1.75. The standard InChI is InChI=1S/C13H14O2/c1-2-15-13-8-7-10(9-14)11-5-3-4-6-12(11)13/h3-8,14H,2,9H2,1H3. The van der Waals surface area contributed by atoms with Crippen molar-refractivity contribution in [2.75, 3.05) is 6.61 Å². The van der Waals surface area contributed by atoms with Crippen LogP contribution >= 0.6 is 0 Å². The molecule has 0 aromatic heterocycles. The Morgan fingerprint density at radius 2 is 1.80 bits per heavy atom. The summed E-state index contributed by atoms with van der Waals surface area (Å²) in [6.07, 6.45) is 0. The predicted octanol–water partition coefficient (Wildman–Crippen LogP) is 2.73. The van der Waals surface area contributed by atoms with E-state index in [2.05, 4.69) is 0 Å². The third-order valence-corrected chi connectivity index (χ3v) is 2.44. The smallest absolute Gasteiger partial charge is 0.127 e. The first-order chi connectivity index (χ1) is 7.36. The molecule has 0 unspecified atom stereocenters. The predicted molar refractivity (Wildman–Crippen MR) is 61.0 cm³/mol. The Bertz CT molecular complexity index is 463. The van der Waals surface area contributed by atoms with Crippen LogP contribution in [-0.4, -0.2) is 11.7 Å². The van der Waals surface area contributed by atoms with Crippen molar-refractivity contribution in [3.8, 4) is 5.75 Å². The molecule has 0 aliphatic rings. The van der Waals surface area contributed by atoms with Gasteiger partial charge in [-0.2, -0.15) is 0 Å². The van der Waals surface area contributed by atoms with Gasteiger partial charge in [-0.1, -0.05) is 30.3 Å². The van der Waals surface area contributed by atoms with Gasteiger partial charge in [-0.05, 0) is 23.9 Å². The number of hydrogen-bond acceptors (Lipinski definition) is 2. The van der Waals surface area contributed by atoms with E-state index in [4.69, 9.17) is 4.74 Å². The highest BCUT2D eigenvalue weighted by Gasteiger charge is 2.04. The highest BCUT2D eigenvalue weighted by atomic mass is 16.5. The number of fused-ring (bicyclic) bond motifs is 1. The van der Waals surface area contributed by atoms with Gasteiger partial charge in [0.15, 0.2) is 0 Å². The third-order valence-electron chi connectivity index (χ3n) is 2.44. The van der Waals surface area contributed by atoms with Crippen molar-refractivity contribution in [3.63, 3.8) is 0 Å². The summed E-state index contributed by atoms with van der Waals surface area (Å²) >= 11 is 0. The molecule has 0 saturated carbocycles. The van der Waals surface area contributed by atoms with Crippen molar-refractivity contribution < 1.29 is 9.84 Å². The molecule has 1 N–H and O–H groups in total. The molecule has 0 radical (unpaired) electrons. The molecule has 0 heterocycles. The number of ether oxygens (including phenoxy) is 1. The molecule has 0 saturated heterocycles. The maximum atomic E-state index is 9.22. The van der Waals surface area contributed by atoms with Crippen LogP contribution in [0.2, 0.25) is 0 Å². The van der Waals surface area contributed by atoms with Gasteiger partial charge in [-0.15, -0.1) is 0 Å². The second-order valence-electron chi connectivity index (χ2n) is 3.36. The van der Waals surface area contributed by atoms with Crippen LogP contribution in [0.25, 0.3) is 10.8 Å². The quantitative estimate of drug-likeness (QED) is 0.829. The minimum atomic E-state index is 0.0624. The van der Waals surface area contributed by atoms with Crippen molar-refractivity contribution in [2.24, 2.45) is 0 Å². The monoisotopic (exact) mass is 202 g/mol. The molecular formula is C13H14O2. The van der Waals surface area contributed by atoms with E-state index in [-0.39, 0.29) is 6.61 Å². The first-order valence-corrected chi connectivity index (χ1v) is 5.11. The molecule has 0 atom stereocenters. The number of benzene rings is 2. The van der Waals surface area contributed by atoms with Crippen molar-refractivity contribution in [3.05, 3.63) is 42.0 Å². The number of aliphatic hydroxyl groups is 1. The van der Waals surface area contributed by atoms with Crippen LogP contribution in [-0.2, 0) is 6.61 Å². The van der Waals surface area contributed by atoms with Crippen molar-refractivity contribution in [2.45, 2.75) is 13.5 Å². The number of aliphatic hydroxyl groups excluding tert-OH is 1. The lowest BCUT2D eigenvalue weighted by Gasteiger charge is -2.09. The van der Waals surface area contributed by atoms with E-state index in [0.29, 0.717) is 6.61 Å². The Balaban J connectivity index is 2.66. The van der Waals surface area contributed by atoms with Gasteiger partial charge in [0, 0.05) is 5.39 Å². The summed E-state index contributed by atoms with van der Waals surface area (Å²) in [7, 11) is 0. The van der Waals surface area contributed by atoms with Crippen LogP contribution < -0.4 is 4.74 Å². The zero-order chi connectivity index (χ0) is 10.7. The maximum Gasteiger partial charge on any atom is 0.127 e. The zero-order valence-corrected chi connectivity index (χ0v) is 8.73. The molecule has 2 rings (SSSR count). The summed E-state index contributed by atoms with van der Waals surface area (Å²) in [6.45, 7) is 2.68. The van der Waals surface area contributed by atoms with Crippen molar-refractivity contribution in [1.82, 2.24) is 0 Å². The van der Waals surface area contributed by atoms with E-state index in [9.17, 15) is 5.11 Å². The number of hydrogen-bond donors (Lipinski definition) is 1. The molecular weight excluding hydrogens is 188 g/mol. The Hall–Kier alpha value is -1.54. The largest absolute Gasteiger partial charge is 0.493 e. The van der Waals surface area contributed by atoms with Gasteiger partial charge in [0.2, 0.25) is 0 Å². The molecule has 78 valence electrons. The summed E-state index contributed by atoms with van der Waals surface area (Å²) in [5, 5.41) is 11.3. The summed E-state index contributed by atoms with van der Waals surface area (Å²) in [4.78, 5) is 0. The van der Waals surface area contributed by atoms with E-state index in [1.54, 1.807) is 0 Å².